The van der Waals surface area contributed by atoms with Crippen molar-refractivity contribution in [1.82, 2.24) is 10.2 Å². The summed E-state index contributed by atoms with van der Waals surface area (Å²) in [6.07, 6.45) is 0. The van der Waals surface area contributed by atoms with Crippen LogP contribution in [0.2, 0.25) is 0 Å². The third-order valence-electron chi connectivity index (χ3n) is 3.21. The normalized spacial score (nSPS) is 19.8. The van der Waals surface area contributed by atoms with Gasteiger partial charge in [-0.25, -0.2) is 4.79 Å². The van der Waals surface area contributed by atoms with E-state index in [-0.39, 0.29) is 18.4 Å². The molecule has 1 aromatic heterocycles. The molecule has 1 N–H and O–H groups in total. The molecule has 0 radical (unpaired) electrons. The third-order valence-corrected chi connectivity index (χ3v) is 3.21. The lowest BCUT2D eigenvalue weighted by Gasteiger charge is -2.31. The molecule has 1 atom stereocenters. The van der Waals surface area contributed by atoms with E-state index in [9.17, 15) is 4.79 Å². The van der Waals surface area contributed by atoms with Gasteiger partial charge in [-0.15, -0.1) is 12.4 Å². The molecule has 5 nitrogen and oxygen atoms in total. The van der Waals surface area contributed by atoms with Crippen LogP contribution < -0.4 is 5.32 Å². The standard InChI is InChI=1S/C13H20N2O3.ClH/c1-9-7-15(5-4-14-9)8-11-6-12(10(2)18-11)13(16)17-3;/h6,9,14H,4-5,7-8H2,1-3H3;1H. The van der Waals surface area contributed by atoms with Crippen molar-refractivity contribution in [3.05, 3.63) is 23.2 Å². The molecule has 0 aliphatic carbocycles. The quantitative estimate of drug-likeness (QED) is 0.856. The molecule has 19 heavy (non-hydrogen) atoms. The Morgan fingerprint density at radius 3 is 3.00 bits per heavy atom. The maximum absolute atomic E-state index is 11.5. The van der Waals surface area contributed by atoms with Gasteiger partial charge in [0.1, 0.15) is 17.1 Å². The van der Waals surface area contributed by atoms with E-state index in [4.69, 9.17) is 9.15 Å². The molecule has 108 valence electrons. The van der Waals surface area contributed by atoms with Crippen molar-refractivity contribution >= 4 is 18.4 Å². The molecule has 0 amide bonds. The van der Waals surface area contributed by atoms with E-state index in [0.717, 1.165) is 31.9 Å². The Labute approximate surface area is 119 Å². The number of rotatable bonds is 3. The summed E-state index contributed by atoms with van der Waals surface area (Å²) in [5.41, 5.74) is 0.524. The predicted molar refractivity (Wildman–Crippen MR) is 74.8 cm³/mol. The number of nitrogens with zero attached hydrogens (tertiary/aromatic N) is 1. The van der Waals surface area contributed by atoms with Crippen LogP contribution in [0.1, 0.15) is 28.8 Å². The molecular weight excluding hydrogens is 268 g/mol. The highest BCUT2D eigenvalue weighted by molar-refractivity contribution is 5.90. The second kappa shape index (κ2) is 6.93. The van der Waals surface area contributed by atoms with Crippen LogP contribution in [0.15, 0.2) is 10.5 Å². The Hall–Kier alpha value is -1.04. The number of hydrogen-bond donors (Lipinski definition) is 1. The number of aryl methyl sites for hydroxylation is 1. The van der Waals surface area contributed by atoms with Gasteiger partial charge in [-0.2, -0.15) is 0 Å². The summed E-state index contributed by atoms with van der Waals surface area (Å²) in [4.78, 5) is 13.8. The van der Waals surface area contributed by atoms with Gasteiger partial charge in [0.05, 0.1) is 13.7 Å². The zero-order chi connectivity index (χ0) is 13.1. The van der Waals surface area contributed by atoms with E-state index in [2.05, 4.69) is 17.1 Å². The minimum absolute atomic E-state index is 0. The average Bonchev–Trinajstić information content (AvgIpc) is 2.69. The van der Waals surface area contributed by atoms with E-state index in [1.807, 2.05) is 0 Å². The minimum Gasteiger partial charge on any atom is -0.465 e. The second-order valence-electron chi connectivity index (χ2n) is 4.76. The van der Waals surface area contributed by atoms with Crippen molar-refractivity contribution in [1.29, 1.82) is 0 Å². The fraction of sp³-hybridized carbons (Fsp3) is 0.615. The molecule has 1 aliphatic heterocycles. The number of ether oxygens (including phenoxy) is 1. The van der Waals surface area contributed by atoms with Gasteiger partial charge in [-0.1, -0.05) is 0 Å². The first-order chi connectivity index (χ1) is 8.60. The summed E-state index contributed by atoms with van der Waals surface area (Å²) >= 11 is 0. The first-order valence-corrected chi connectivity index (χ1v) is 6.23. The minimum atomic E-state index is -0.337. The van der Waals surface area contributed by atoms with E-state index in [0.29, 0.717) is 17.4 Å². The number of hydrogen-bond acceptors (Lipinski definition) is 5. The van der Waals surface area contributed by atoms with Crippen molar-refractivity contribution in [2.45, 2.75) is 26.4 Å². The number of carbonyl (C=O) groups is 1. The van der Waals surface area contributed by atoms with Crippen LogP contribution in [-0.2, 0) is 11.3 Å². The van der Waals surface area contributed by atoms with Crippen LogP contribution in [-0.4, -0.2) is 43.7 Å². The summed E-state index contributed by atoms with van der Waals surface area (Å²) in [6.45, 7) is 7.68. The fourth-order valence-corrected chi connectivity index (χ4v) is 2.31. The molecule has 2 rings (SSSR count). The molecular formula is C13H21ClN2O3. The zero-order valence-electron chi connectivity index (χ0n) is 11.6. The van der Waals surface area contributed by atoms with Crippen molar-refractivity contribution in [3.63, 3.8) is 0 Å². The van der Waals surface area contributed by atoms with Gasteiger partial charge >= 0.3 is 5.97 Å². The van der Waals surface area contributed by atoms with Gasteiger partial charge in [0.2, 0.25) is 0 Å². The summed E-state index contributed by atoms with van der Waals surface area (Å²) in [7, 11) is 1.38. The predicted octanol–water partition coefficient (Wildman–Crippen LogP) is 1.59. The monoisotopic (exact) mass is 288 g/mol. The summed E-state index contributed by atoms with van der Waals surface area (Å²) in [5, 5.41) is 3.40. The van der Waals surface area contributed by atoms with Crippen LogP contribution in [0.5, 0.6) is 0 Å². The number of methoxy groups -OCH3 is 1. The first kappa shape index (κ1) is 16.0. The van der Waals surface area contributed by atoms with Crippen molar-refractivity contribution in [3.8, 4) is 0 Å². The topological polar surface area (TPSA) is 54.7 Å². The molecule has 0 spiro atoms. The Bertz CT molecular complexity index is 434. The second-order valence-corrected chi connectivity index (χ2v) is 4.76. The number of furan rings is 1. The number of piperazine rings is 1. The first-order valence-electron chi connectivity index (χ1n) is 6.23. The van der Waals surface area contributed by atoms with Gasteiger partial charge in [0.25, 0.3) is 0 Å². The number of halogens is 1. The van der Waals surface area contributed by atoms with Gasteiger partial charge in [-0.3, -0.25) is 4.90 Å². The van der Waals surface area contributed by atoms with Gasteiger partial charge < -0.3 is 14.5 Å². The number of esters is 1. The molecule has 6 heteroatoms. The van der Waals surface area contributed by atoms with Crippen molar-refractivity contribution in [2.24, 2.45) is 0 Å². The zero-order valence-corrected chi connectivity index (χ0v) is 12.4. The van der Waals surface area contributed by atoms with Gasteiger partial charge in [0.15, 0.2) is 0 Å². The van der Waals surface area contributed by atoms with Crippen molar-refractivity contribution in [2.75, 3.05) is 26.7 Å². The van der Waals surface area contributed by atoms with Crippen LogP contribution in [0, 0.1) is 6.92 Å². The summed E-state index contributed by atoms with van der Waals surface area (Å²) < 4.78 is 10.3. The molecule has 1 aromatic rings. The Morgan fingerprint density at radius 2 is 2.37 bits per heavy atom. The number of carbonyl (C=O) groups excluding carboxylic acids is 1. The molecule has 1 saturated heterocycles. The van der Waals surface area contributed by atoms with E-state index < -0.39 is 0 Å². The lowest BCUT2D eigenvalue weighted by Crippen LogP contribution is -2.48. The Morgan fingerprint density at radius 1 is 1.63 bits per heavy atom. The van der Waals surface area contributed by atoms with Crippen molar-refractivity contribution < 1.29 is 13.9 Å². The molecule has 2 heterocycles. The molecule has 0 aromatic carbocycles. The Kier molecular flexibility index (Phi) is 5.85. The van der Waals surface area contributed by atoms with Crippen LogP contribution in [0.4, 0.5) is 0 Å². The largest absolute Gasteiger partial charge is 0.465 e. The average molecular weight is 289 g/mol. The summed E-state index contributed by atoms with van der Waals surface area (Å²) in [5.74, 6) is 1.11. The Balaban J connectivity index is 0.00000180. The molecule has 0 saturated carbocycles. The highest BCUT2D eigenvalue weighted by Crippen LogP contribution is 2.17. The lowest BCUT2D eigenvalue weighted by atomic mass is 10.2. The van der Waals surface area contributed by atoms with E-state index in [1.165, 1.54) is 7.11 Å². The van der Waals surface area contributed by atoms with Gasteiger partial charge in [-0.05, 0) is 19.9 Å². The third kappa shape index (κ3) is 3.96. The SMILES string of the molecule is COC(=O)c1cc(CN2CCNC(C)C2)oc1C.Cl. The smallest absolute Gasteiger partial charge is 0.341 e. The highest BCUT2D eigenvalue weighted by Gasteiger charge is 2.20. The maximum Gasteiger partial charge on any atom is 0.341 e. The molecule has 1 aliphatic rings. The molecule has 1 fully saturated rings. The maximum atomic E-state index is 11.5. The van der Waals surface area contributed by atoms with Gasteiger partial charge in [0, 0.05) is 25.7 Å². The molecule has 0 bridgehead atoms. The van der Waals surface area contributed by atoms with Crippen LogP contribution in [0.25, 0.3) is 0 Å². The highest BCUT2D eigenvalue weighted by atomic mass is 35.5. The fourth-order valence-electron chi connectivity index (χ4n) is 2.31. The summed E-state index contributed by atoms with van der Waals surface area (Å²) in [6, 6.07) is 2.28. The van der Waals surface area contributed by atoms with Crippen LogP contribution >= 0.6 is 12.4 Å². The van der Waals surface area contributed by atoms with Crippen LogP contribution in [0.3, 0.4) is 0 Å². The number of nitrogens with one attached hydrogen (secondary N) is 1. The molecule has 1 unspecified atom stereocenters. The lowest BCUT2D eigenvalue weighted by molar-refractivity contribution is 0.0599. The van der Waals surface area contributed by atoms with E-state index >= 15 is 0 Å². The van der Waals surface area contributed by atoms with E-state index in [1.54, 1.807) is 13.0 Å².